The molecule has 2 atom stereocenters. The molecule has 0 aromatic heterocycles. The van der Waals surface area contributed by atoms with Gasteiger partial charge in [0.25, 0.3) is 0 Å². The van der Waals surface area contributed by atoms with Crippen molar-refractivity contribution in [2.45, 2.75) is 18.6 Å². The molecule has 0 aromatic carbocycles. The first-order chi connectivity index (χ1) is 7.20. The van der Waals surface area contributed by atoms with Crippen LogP contribution in [0, 0.1) is 5.92 Å². The van der Waals surface area contributed by atoms with Crippen molar-refractivity contribution in [1.82, 2.24) is 0 Å². The number of rotatable bonds is 4. The van der Waals surface area contributed by atoms with Crippen LogP contribution in [0.4, 0.5) is 13.2 Å². The first kappa shape index (κ1) is 13.7. The maximum Gasteiger partial charge on any atom is 0.411 e. The standard InChI is InChI=1S/C8H14F3NO3S/c9-8(10,11)5-15-3-7(12)6-1-2-16(13,14)4-6/h6-7H,1-5,12H2. The Balaban J connectivity index is 2.29. The summed E-state index contributed by atoms with van der Waals surface area (Å²) in [5.41, 5.74) is 5.57. The van der Waals surface area contributed by atoms with Crippen molar-refractivity contribution in [3.63, 3.8) is 0 Å². The van der Waals surface area contributed by atoms with Gasteiger partial charge in [-0.05, 0) is 12.3 Å². The highest BCUT2D eigenvalue weighted by Crippen LogP contribution is 2.21. The van der Waals surface area contributed by atoms with Gasteiger partial charge in [-0.3, -0.25) is 0 Å². The Morgan fingerprint density at radius 3 is 2.50 bits per heavy atom. The highest BCUT2D eigenvalue weighted by molar-refractivity contribution is 7.91. The Kier molecular flexibility index (Phi) is 4.19. The molecular weight excluding hydrogens is 247 g/mol. The maximum absolute atomic E-state index is 11.7. The van der Waals surface area contributed by atoms with Crippen LogP contribution in [0.25, 0.3) is 0 Å². The zero-order valence-corrected chi connectivity index (χ0v) is 9.35. The van der Waals surface area contributed by atoms with Crippen LogP contribution >= 0.6 is 0 Å². The first-order valence-electron chi connectivity index (χ1n) is 4.80. The highest BCUT2D eigenvalue weighted by Gasteiger charge is 2.33. The predicted octanol–water partition coefficient (Wildman–Crippen LogP) is 0.327. The minimum atomic E-state index is -4.37. The number of hydrogen-bond acceptors (Lipinski definition) is 4. The number of halogens is 3. The van der Waals surface area contributed by atoms with Crippen LogP contribution in [-0.4, -0.2) is 45.4 Å². The van der Waals surface area contributed by atoms with Crippen LogP contribution in [-0.2, 0) is 14.6 Å². The molecule has 2 N–H and O–H groups in total. The summed E-state index contributed by atoms with van der Waals surface area (Å²) in [6.45, 7) is -1.61. The molecule has 1 heterocycles. The average molecular weight is 261 g/mol. The molecule has 1 saturated heterocycles. The summed E-state index contributed by atoms with van der Waals surface area (Å²) in [7, 11) is -3.05. The summed E-state index contributed by atoms with van der Waals surface area (Å²) in [5.74, 6) is -0.285. The molecule has 0 spiro atoms. The van der Waals surface area contributed by atoms with E-state index in [2.05, 4.69) is 4.74 Å². The maximum atomic E-state index is 11.7. The molecule has 8 heteroatoms. The number of hydrogen-bond donors (Lipinski definition) is 1. The molecule has 0 aliphatic carbocycles. The second kappa shape index (κ2) is 4.89. The fourth-order valence-electron chi connectivity index (χ4n) is 1.61. The van der Waals surface area contributed by atoms with E-state index < -0.39 is 28.7 Å². The number of sulfone groups is 1. The Bertz CT molecular complexity index is 328. The van der Waals surface area contributed by atoms with E-state index in [0.717, 1.165) is 0 Å². The van der Waals surface area contributed by atoms with E-state index in [1.165, 1.54) is 0 Å². The van der Waals surface area contributed by atoms with Crippen molar-refractivity contribution in [2.75, 3.05) is 24.7 Å². The van der Waals surface area contributed by atoms with Crippen molar-refractivity contribution in [3.05, 3.63) is 0 Å². The van der Waals surface area contributed by atoms with Gasteiger partial charge in [0.05, 0.1) is 18.1 Å². The third-order valence-corrected chi connectivity index (χ3v) is 4.24. The van der Waals surface area contributed by atoms with E-state index in [0.29, 0.717) is 6.42 Å². The van der Waals surface area contributed by atoms with Gasteiger partial charge < -0.3 is 10.5 Å². The minimum Gasteiger partial charge on any atom is -0.370 e. The summed E-state index contributed by atoms with van der Waals surface area (Å²) >= 11 is 0. The summed E-state index contributed by atoms with van der Waals surface area (Å²) in [4.78, 5) is 0. The van der Waals surface area contributed by atoms with Crippen LogP contribution in [0.3, 0.4) is 0 Å². The van der Waals surface area contributed by atoms with E-state index in [1.54, 1.807) is 0 Å². The first-order valence-corrected chi connectivity index (χ1v) is 6.62. The molecule has 96 valence electrons. The Morgan fingerprint density at radius 2 is 2.06 bits per heavy atom. The second-order valence-electron chi connectivity index (χ2n) is 3.96. The molecule has 4 nitrogen and oxygen atoms in total. The molecule has 1 fully saturated rings. The van der Waals surface area contributed by atoms with Gasteiger partial charge in [-0.2, -0.15) is 13.2 Å². The lowest BCUT2D eigenvalue weighted by atomic mass is 10.0. The van der Waals surface area contributed by atoms with Gasteiger partial charge in [0, 0.05) is 6.04 Å². The molecular formula is C8H14F3NO3S. The lowest BCUT2D eigenvalue weighted by molar-refractivity contribution is -0.175. The van der Waals surface area contributed by atoms with E-state index in [1.807, 2.05) is 0 Å². The summed E-state index contributed by atoms with van der Waals surface area (Å²) < 4.78 is 61.8. The molecule has 1 aliphatic rings. The van der Waals surface area contributed by atoms with E-state index in [9.17, 15) is 21.6 Å². The van der Waals surface area contributed by atoms with Crippen molar-refractivity contribution in [2.24, 2.45) is 11.7 Å². The monoisotopic (exact) mass is 261 g/mol. The van der Waals surface area contributed by atoms with E-state index >= 15 is 0 Å². The van der Waals surface area contributed by atoms with Gasteiger partial charge in [0.2, 0.25) is 0 Å². The summed E-state index contributed by atoms with van der Waals surface area (Å²) in [6.07, 6.45) is -3.97. The summed E-state index contributed by atoms with van der Waals surface area (Å²) in [6, 6.07) is -0.653. The largest absolute Gasteiger partial charge is 0.411 e. The van der Waals surface area contributed by atoms with Crippen molar-refractivity contribution < 1.29 is 26.3 Å². The van der Waals surface area contributed by atoms with Gasteiger partial charge in [-0.1, -0.05) is 0 Å². The Morgan fingerprint density at radius 1 is 1.44 bits per heavy atom. The number of alkyl halides is 3. The quantitative estimate of drug-likeness (QED) is 0.791. The topological polar surface area (TPSA) is 69.4 Å². The molecule has 0 amide bonds. The molecule has 1 aliphatic heterocycles. The molecule has 2 unspecified atom stereocenters. The van der Waals surface area contributed by atoms with Gasteiger partial charge >= 0.3 is 6.18 Å². The van der Waals surface area contributed by atoms with E-state index in [4.69, 9.17) is 5.73 Å². The molecule has 0 radical (unpaired) electrons. The molecule has 0 bridgehead atoms. The average Bonchev–Trinajstić information content (AvgIpc) is 2.43. The molecule has 0 saturated carbocycles. The lowest BCUT2D eigenvalue weighted by Gasteiger charge is -2.18. The van der Waals surface area contributed by atoms with Crippen LogP contribution in [0.15, 0.2) is 0 Å². The molecule has 0 aromatic rings. The van der Waals surface area contributed by atoms with Crippen LogP contribution < -0.4 is 5.73 Å². The molecule has 16 heavy (non-hydrogen) atoms. The Labute approximate surface area is 91.9 Å². The summed E-state index contributed by atoms with van der Waals surface area (Å²) in [5, 5.41) is 0. The normalized spacial score (nSPS) is 26.9. The fourth-order valence-corrected chi connectivity index (χ4v) is 3.50. The van der Waals surface area contributed by atoms with E-state index in [-0.39, 0.29) is 24.0 Å². The molecule has 1 rings (SSSR count). The zero-order valence-electron chi connectivity index (χ0n) is 8.53. The van der Waals surface area contributed by atoms with Crippen LogP contribution in [0.2, 0.25) is 0 Å². The third kappa shape index (κ3) is 4.67. The Hall–Kier alpha value is -0.340. The van der Waals surface area contributed by atoms with Crippen molar-refractivity contribution in [1.29, 1.82) is 0 Å². The predicted molar refractivity (Wildman–Crippen MR) is 51.6 cm³/mol. The number of nitrogens with two attached hydrogens (primary N) is 1. The van der Waals surface area contributed by atoms with Crippen LogP contribution in [0.1, 0.15) is 6.42 Å². The van der Waals surface area contributed by atoms with Gasteiger partial charge in [0.1, 0.15) is 6.61 Å². The third-order valence-electron chi connectivity index (χ3n) is 2.45. The van der Waals surface area contributed by atoms with Gasteiger partial charge in [-0.15, -0.1) is 0 Å². The number of ether oxygens (including phenoxy) is 1. The van der Waals surface area contributed by atoms with Crippen molar-refractivity contribution >= 4 is 9.84 Å². The van der Waals surface area contributed by atoms with Crippen LogP contribution in [0.5, 0.6) is 0 Å². The van der Waals surface area contributed by atoms with Gasteiger partial charge in [-0.25, -0.2) is 8.42 Å². The SMILES string of the molecule is NC(COCC(F)(F)F)C1CCS(=O)(=O)C1. The zero-order chi connectivity index (χ0) is 12.4. The van der Waals surface area contributed by atoms with Gasteiger partial charge in [0.15, 0.2) is 9.84 Å². The smallest absolute Gasteiger partial charge is 0.370 e. The van der Waals surface area contributed by atoms with Crippen molar-refractivity contribution in [3.8, 4) is 0 Å². The lowest BCUT2D eigenvalue weighted by Crippen LogP contribution is -2.36. The fraction of sp³-hybridized carbons (Fsp3) is 1.00. The highest BCUT2D eigenvalue weighted by atomic mass is 32.2. The second-order valence-corrected chi connectivity index (χ2v) is 6.19. The minimum absolute atomic E-state index is 0.0520.